The number of carbonyl (C=O) groups is 2. The second kappa shape index (κ2) is 7.99. The van der Waals surface area contributed by atoms with Crippen LogP contribution in [0.5, 0.6) is 0 Å². The number of aliphatic hydroxyl groups excluding tert-OH is 1. The third-order valence-electron chi connectivity index (χ3n) is 3.40. The quantitative estimate of drug-likeness (QED) is 0.705. The van der Waals surface area contributed by atoms with E-state index < -0.39 is 0 Å². The Hall–Kier alpha value is -1.30. The fourth-order valence-corrected chi connectivity index (χ4v) is 2.21. The molecule has 6 nitrogen and oxygen atoms in total. The Morgan fingerprint density at radius 1 is 1.26 bits per heavy atom. The Kier molecular flexibility index (Phi) is 6.62. The molecule has 1 heterocycles. The standard InChI is InChI=1S/C13H25N3O3/c1-15(2)13(19)16-8-5-11(6-9-16)12(18)14-7-3-4-10-17/h11,17H,3-10H2,1-2H3,(H,14,18). The molecule has 1 aliphatic rings. The van der Waals surface area contributed by atoms with Gasteiger partial charge in [-0.05, 0) is 25.7 Å². The van der Waals surface area contributed by atoms with Gasteiger partial charge in [-0.1, -0.05) is 0 Å². The van der Waals surface area contributed by atoms with Gasteiger partial charge in [-0.3, -0.25) is 4.79 Å². The number of piperidine rings is 1. The van der Waals surface area contributed by atoms with Crippen molar-refractivity contribution in [3.05, 3.63) is 0 Å². The molecule has 0 bridgehead atoms. The Morgan fingerprint density at radius 2 is 1.89 bits per heavy atom. The first-order valence-electron chi connectivity index (χ1n) is 6.91. The van der Waals surface area contributed by atoms with Crippen molar-refractivity contribution in [3.8, 4) is 0 Å². The molecule has 0 aromatic carbocycles. The van der Waals surface area contributed by atoms with E-state index in [1.807, 2.05) is 0 Å². The highest BCUT2D eigenvalue weighted by Gasteiger charge is 2.27. The predicted molar refractivity (Wildman–Crippen MR) is 72.7 cm³/mol. The molecular formula is C13H25N3O3. The average molecular weight is 271 g/mol. The lowest BCUT2D eigenvalue weighted by molar-refractivity contribution is -0.126. The van der Waals surface area contributed by atoms with E-state index in [-0.39, 0.29) is 24.5 Å². The molecule has 0 saturated carbocycles. The van der Waals surface area contributed by atoms with E-state index in [1.54, 1.807) is 23.9 Å². The zero-order valence-electron chi connectivity index (χ0n) is 11.9. The molecule has 0 aliphatic carbocycles. The molecule has 1 saturated heterocycles. The lowest BCUT2D eigenvalue weighted by Crippen LogP contribution is -2.46. The number of urea groups is 1. The van der Waals surface area contributed by atoms with Crippen LogP contribution in [0.4, 0.5) is 4.79 Å². The number of nitrogens with one attached hydrogen (secondary N) is 1. The maximum atomic E-state index is 11.9. The van der Waals surface area contributed by atoms with Gasteiger partial charge in [0.1, 0.15) is 0 Å². The summed E-state index contributed by atoms with van der Waals surface area (Å²) in [5, 5.41) is 11.5. The van der Waals surface area contributed by atoms with E-state index in [0.29, 0.717) is 19.6 Å². The van der Waals surface area contributed by atoms with Gasteiger partial charge in [-0.2, -0.15) is 0 Å². The smallest absolute Gasteiger partial charge is 0.319 e. The second-order valence-electron chi connectivity index (χ2n) is 5.16. The molecule has 0 aromatic heterocycles. The molecule has 19 heavy (non-hydrogen) atoms. The van der Waals surface area contributed by atoms with E-state index >= 15 is 0 Å². The van der Waals surface area contributed by atoms with Gasteiger partial charge in [0.25, 0.3) is 0 Å². The molecule has 0 spiro atoms. The van der Waals surface area contributed by atoms with Crippen molar-refractivity contribution in [3.63, 3.8) is 0 Å². The second-order valence-corrected chi connectivity index (χ2v) is 5.16. The molecule has 1 rings (SSSR count). The highest BCUT2D eigenvalue weighted by Crippen LogP contribution is 2.18. The summed E-state index contributed by atoms with van der Waals surface area (Å²) in [7, 11) is 3.48. The van der Waals surface area contributed by atoms with Crippen LogP contribution in [-0.2, 0) is 4.79 Å². The zero-order valence-corrected chi connectivity index (χ0v) is 11.9. The lowest BCUT2D eigenvalue weighted by atomic mass is 9.96. The maximum absolute atomic E-state index is 11.9. The molecule has 1 fully saturated rings. The monoisotopic (exact) mass is 271 g/mol. The minimum absolute atomic E-state index is 0.0142. The van der Waals surface area contributed by atoms with E-state index in [2.05, 4.69) is 5.32 Å². The first kappa shape index (κ1) is 15.8. The van der Waals surface area contributed by atoms with Crippen molar-refractivity contribution >= 4 is 11.9 Å². The van der Waals surface area contributed by atoms with Crippen molar-refractivity contribution in [1.29, 1.82) is 0 Å². The van der Waals surface area contributed by atoms with Crippen LogP contribution in [0.15, 0.2) is 0 Å². The van der Waals surface area contributed by atoms with Crippen LogP contribution in [-0.4, -0.2) is 67.2 Å². The summed E-state index contributed by atoms with van der Waals surface area (Å²) in [6, 6.07) is 0.0156. The van der Waals surface area contributed by atoms with E-state index in [1.165, 1.54) is 0 Å². The number of carbonyl (C=O) groups excluding carboxylic acids is 2. The van der Waals surface area contributed by atoms with Crippen LogP contribution in [0.1, 0.15) is 25.7 Å². The lowest BCUT2D eigenvalue weighted by Gasteiger charge is -2.33. The molecular weight excluding hydrogens is 246 g/mol. The van der Waals surface area contributed by atoms with Crippen molar-refractivity contribution < 1.29 is 14.7 Å². The number of nitrogens with zero attached hydrogens (tertiary/aromatic N) is 2. The van der Waals surface area contributed by atoms with Gasteiger partial charge in [0.05, 0.1) is 0 Å². The Bertz CT molecular complexity index is 300. The number of hydrogen-bond acceptors (Lipinski definition) is 3. The third-order valence-corrected chi connectivity index (χ3v) is 3.40. The molecule has 110 valence electrons. The SMILES string of the molecule is CN(C)C(=O)N1CCC(C(=O)NCCCCO)CC1. The average Bonchev–Trinajstić information content (AvgIpc) is 2.42. The van der Waals surface area contributed by atoms with Crippen LogP contribution in [0.2, 0.25) is 0 Å². The van der Waals surface area contributed by atoms with Crippen LogP contribution in [0.3, 0.4) is 0 Å². The Morgan fingerprint density at radius 3 is 2.42 bits per heavy atom. The van der Waals surface area contributed by atoms with Gasteiger partial charge in [0.2, 0.25) is 5.91 Å². The largest absolute Gasteiger partial charge is 0.396 e. The molecule has 1 aliphatic heterocycles. The number of unbranched alkanes of at least 4 members (excludes halogenated alkanes) is 1. The number of rotatable bonds is 5. The zero-order chi connectivity index (χ0) is 14.3. The fraction of sp³-hybridized carbons (Fsp3) is 0.846. The number of likely N-dealkylation sites (tertiary alicyclic amines) is 1. The molecule has 0 radical (unpaired) electrons. The summed E-state index contributed by atoms with van der Waals surface area (Å²) in [4.78, 5) is 27.0. The summed E-state index contributed by atoms with van der Waals surface area (Å²) < 4.78 is 0. The number of amides is 3. The summed E-state index contributed by atoms with van der Waals surface area (Å²) in [5.41, 5.74) is 0. The number of aliphatic hydroxyl groups is 1. The van der Waals surface area contributed by atoms with Gasteiger partial charge in [-0.15, -0.1) is 0 Å². The van der Waals surface area contributed by atoms with Gasteiger partial charge < -0.3 is 20.2 Å². The van der Waals surface area contributed by atoms with Crippen molar-refractivity contribution in [2.75, 3.05) is 40.3 Å². The fourth-order valence-electron chi connectivity index (χ4n) is 2.21. The Balaban J connectivity index is 2.25. The van der Waals surface area contributed by atoms with Crippen LogP contribution in [0, 0.1) is 5.92 Å². The molecule has 2 N–H and O–H groups in total. The Labute approximate surface area is 114 Å². The van der Waals surface area contributed by atoms with Crippen LogP contribution in [0.25, 0.3) is 0 Å². The van der Waals surface area contributed by atoms with Gasteiger partial charge in [0.15, 0.2) is 0 Å². The highest BCUT2D eigenvalue weighted by molar-refractivity contribution is 5.79. The van der Waals surface area contributed by atoms with Gasteiger partial charge >= 0.3 is 6.03 Å². The normalized spacial score (nSPS) is 16.3. The van der Waals surface area contributed by atoms with Crippen molar-refractivity contribution in [2.45, 2.75) is 25.7 Å². The van der Waals surface area contributed by atoms with Crippen molar-refractivity contribution in [1.82, 2.24) is 15.1 Å². The predicted octanol–water partition coefficient (Wildman–Crippen LogP) is 0.269. The first-order chi connectivity index (χ1) is 9.06. The van der Waals surface area contributed by atoms with Gasteiger partial charge in [0, 0.05) is 46.3 Å². The highest BCUT2D eigenvalue weighted by atomic mass is 16.3. The van der Waals surface area contributed by atoms with E-state index in [4.69, 9.17) is 5.11 Å². The van der Waals surface area contributed by atoms with Crippen LogP contribution < -0.4 is 5.32 Å². The van der Waals surface area contributed by atoms with Gasteiger partial charge in [-0.25, -0.2) is 4.79 Å². The molecule has 0 aromatic rings. The summed E-state index contributed by atoms with van der Waals surface area (Å²) in [6.45, 7) is 2.08. The molecule has 0 unspecified atom stereocenters. The minimum atomic E-state index is 0.0142. The molecule has 3 amide bonds. The summed E-state index contributed by atoms with van der Waals surface area (Å²) in [5.74, 6) is 0.0928. The summed E-state index contributed by atoms with van der Waals surface area (Å²) >= 11 is 0. The number of hydrogen-bond donors (Lipinski definition) is 2. The topological polar surface area (TPSA) is 72.9 Å². The van der Waals surface area contributed by atoms with Crippen LogP contribution >= 0.6 is 0 Å². The van der Waals surface area contributed by atoms with E-state index in [9.17, 15) is 9.59 Å². The minimum Gasteiger partial charge on any atom is -0.396 e. The third kappa shape index (κ3) is 5.06. The summed E-state index contributed by atoms with van der Waals surface area (Å²) in [6.07, 6.45) is 2.98. The van der Waals surface area contributed by atoms with E-state index in [0.717, 1.165) is 25.7 Å². The van der Waals surface area contributed by atoms with Crippen molar-refractivity contribution in [2.24, 2.45) is 5.92 Å². The maximum Gasteiger partial charge on any atom is 0.319 e. The first-order valence-corrected chi connectivity index (χ1v) is 6.91. The molecule has 6 heteroatoms. The molecule has 0 atom stereocenters.